The normalized spacial score (nSPS) is 18.7. The highest BCUT2D eigenvalue weighted by molar-refractivity contribution is 5.80. The molecule has 2 rings (SSSR count). The van der Waals surface area contributed by atoms with Crippen LogP contribution in [0.5, 0.6) is 0 Å². The van der Waals surface area contributed by atoms with Gasteiger partial charge in [0, 0.05) is 5.56 Å². The van der Waals surface area contributed by atoms with Gasteiger partial charge < -0.3 is 9.84 Å². The average molecular weight is 384 g/mol. The van der Waals surface area contributed by atoms with E-state index in [1.807, 2.05) is 6.08 Å². The van der Waals surface area contributed by atoms with Crippen molar-refractivity contribution in [1.82, 2.24) is 0 Å². The number of carbonyl (C=O) groups is 1. The van der Waals surface area contributed by atoms with E-state index in [0.717, 1.165) is 24.5 Å². The van der Waals surface area contributed by atoms with Crippen molar-refractivity contribution in [3.05, 3.63) is 41.0 Å². The van der Waals surface area contributed by atoms with E-state index < -0.39 is 29.4 Å². The zero-order valence-electron chi connectivity index (χ0n) is 16.4. The van der Waals surface area contributed by atoms with Gasteiger partial charge in [-0.15, -0.1) is 0 Å². The second-order valence-corrected chi connectivity index (χ2v) is 8.81. The quantitative estimate of drug-likeness (QED) is 0.668. The average Bonchev–Trinajstić information content (AvgIpc) is 2.50. The van der Waals surface area contributed by atoms with E-state index in [4.69, 9.17) is 4.74 Å². The lowest BCUT2D eigenvalue weighted by Gasteiger charge is -2.32. The topological polar surface area (TPSA) is 46.5 Å². The van der Waals surface area contributed by atoms with Crippen molar-refractivity contribution < 1.29 is 27.8 Å². The molecule has 1 N–H and O–H groups in total. The Bertz CT molecular complexity index is 740. The summed E-state index contributed by atoms with van der Waals surface area (Å²) in [5, 5.41) is 9.67. The van der Waals surface area contributed by atoms with Crippen molar-refractivity contribution in [3.63, 3.8) is 0 Å². The van der Waals surface area contributed by atoms with Crippen LogP contribution in [0.3, 0.4) is 0 Å². The summed E-state index contributed by atoms with van der Waals surface area (Å²) in [4.78, 5) is 11.9. The fourth-order valence-electron chi connectivity index (χ4n) is 3.28. The number of hydrogen-bond donors (Lipinski definition) is 1. The van der Waals surface area contributed by atoms with Crippen molar-refractivity contribution >= 4 is 11.5 Å². The van der Waals surface area contributed by atoms with Crippen LogP contribution < -0.4 is 0 Å². The summed E-state index contributed by atoms with van der Waals surface area (Å²) in [6, 6.07) is 3.82. The first-order valence-corrected chi connectivity index (χ1v) is 9.01. The Kier molecular flexibility index (Phi) is 5.81. The zero-order valence-corrected chi connectivity index (χ0v) is 16.4. The predicted molar refractivity (Wildman–Crippen MR) is 98.3 cm³/mol. The van der Waals surface area contributed by atoms with Crippen LogP contribution >= 0.6 is 0 Å². The van der Waals surface area contributed by atoms with Gasteiger partial charge in [-0.3, -0.25) is 0 Å². The first-order valence-electron chi connectivity index (χ1n) is 9.01. The fourth-order valence-corrected chi connectivity index (χ4v) is 3.28. The molecule has 1 aromatic carbocycles. The Hall–Kier alpha value is -1.82. The molecule has 0 bridgehead atoms. The Morgan fingerprint density at radius 3 is 2.30 bits per heavy atom. The monoisotopic (exact) mass is 384 g/mol. The van der Waals surface area contributed by atoms with Crippen molar-refractivity contribution in [3.8, 4) is 0 Å². The number of carboxylic acids is 1. The van der Waals surface area contributed by atoms with E-state index in [1.54, 1.807) is 26.8 Å². The maximum absolute atomic E-state index is 13.7. The van der Waals surface area contributed by atoms with Crippen molar-refractivity contribution in [2.45, 2.75) is 71.8 Å². The number of allylic oxidation sites excluding steroid dienone is 2. The molecule has 0 saturated carbocycles. The maximum atomic E-state index is 13.7. The third kappa shape index (κ3) is 5.34. The largest absolute Gasteiger partial charge is 0.479 e. The summed E-state index contributed by atoms with van der Waals surface area (Å²) < 4.78 is 46.7. The smallest absolute Gasteiger partial charge is 0.416 e. The molecular weight excluding hydrogens is 357 g/mol. The summed E-state index contributed by atoms with van der Waals surface area (Å²) in [5.74, 6) is -1.43. The van der Waals surface area contributed by atoms with Gasteiger partial charge in [0.25, 0.3) is 0 Å². The third-order valence-electron chi connectivity index (χ3n) is 4.69. The van der Waals surface area contributed by atoms with Crippen LogP contribution in [0.1, 0.15) is 76.7 Å². The van der Waals surface area contributed by atoms with Gasteiger partial charge in [0.05, 0.1) is 11.2 Å². The Labute approximate surface area is 158 Å². The first-order chi connectivity index (χ1) is 12.2. The second kappa shape index (κ2) is 7.30. The summed E-state index contributed by atoms with van der Waals surface area (Å²) >= 11 is 0. The molecule has 6 heteroatoms. The van der Waals surface area contributed by atoms with E-state index in [1.165, 1.54) is 6.07 Å². The van der Waals surface area contributed by atoms with Gasteiger partial charge >= 0.3 is 12.1 Å². The molecule has 1 aliphatic carbocycles. The van der Waals surface area contributed by atoms with Crippen molar-refractivity contribution in [2.24, 2.45) is 5.41 Å². The molecule has 1 atom stereocenters. The molecule has 0 saturated heterocycles. The van der Waals surface area contributed by atoms with E-state index >= 15 is 0 Å². The molecule has 3 nitrogen and oxygen atoms in total. The lowest BCUT2D eigenvalue weighted by molar-refractivity contribution is -0.163. The molecule has 1 unspecified atom stereocenters. The predicted octanol–water partition coefficient (Wildman–Crippen LogP) is 6.24. The molecule has 27 heavy (non-hydrogen) atoms. The zero-order chi connectivity index (χ0) is 20.6. The number of alkyl halides is 3. The number of rotatable bonds is 4. The second-order valence-electron chi connectivity index (χ2n) is 8.81. The Morgan fingerprint density at radius 1 is 1.22 bits per heavy atom. The van der Waals surface area contributed by atoms with Crippen molar-refractivity contribution in [2.75, 3.05) is 0 Å². The number of carboxylic acid groups (broad SMARTS) is 1. The molecule has 0 fully saturated rings. The van der Waals surface area contributed by atoms with Crippen LogP contribution in [-0.4, -0.2) is 16.7 Å². The molecule has 150 valence electrons. The summed E-state index contributed by atoms with van der Waals surface area (Å²) in [6.07, 6.45) is -2.28. The highest BCUT2D eigenvalue weighted by atomic mass is 19.4. The van der Waals surface area contributed by atoms with E-state index in [0.29, 0.717) is 12.0 Å². The van der Waals surface area contributed by atoms with Gasteiger partial charge in [-0.25, -0.2) is 4.79 Å². The maximum Gasteiger partial charge on any atom is 0.416 e. The van der Waals surface area contributed by atoms with Crippen molar-refractivity contribution in [1.29, 1.82) is 0 Å². The fraction of sp³-hybridized carbons (Fsp3) is 0.571. The molecular formula is C21H27F3O3. The van der Waals surface area contributed by atoms with E-state index in [9.17, 15) is 23.1 Å². The number of benzene rings is 1. The van der Waals surface area contributed by atoms with Gasteiger partial charge in [-0.2, -0.15) is 13.2 Å². The van der Waals surface area contributed by atoms with Gasteiger partial charge in [-0.1, -0.05) is 32.1 Å². The van der Waals surface area contributed by atoms with Crippen LogP contribution in [0, 0.1) is 5.41 Å². The van der Waals surface area contributed by atoms with Crippen LogP contribution in [0.15, 0.2) is 24.3 Å². The number of halogens is 3. The number of hydrogen-bond acceptors (Lipinski definition) is 2. The minimum Gasteiger partial charge on any atom is -0.479 e. The molecule has 1 aromatic rings. The lowest BCUT2D eigenvalue weighted by atomic mass is 9.76. The summed E-state index contributed by atoms with van der Waals surface area (Å²) in [6.45, 7) is 9.09. The van der Waals surface area contributed by atoms with Crippen LogP contribution in [-0.2, 0) is 15.7 Å². The minimum atomic E-state index is -4.67. The van der Waals surface area contributed by atoms with E-state index in [-0.39, 0.29) is 11.0 Å². The minimum absolute atomic E-state index is 0.0827. The highest BCUT2D eigenvalue weighted by Gasteiger charge is 2.41. The SMILES string of the molecule is CC1(C)CC=C(c2cccc(C(F)(F)F)c2C(OC(C)(C)C)C(=O)O)CC1. The molecule has 0 aliphatic heterocycles. The molecule has 1 aliphatic rings. The van der Waals surface area contributed by atoms with E-state index in [2.05, 4.69) is 13.8 Å². The van der Waals surface area contributed by atoms with Gasteiger partial charge in [-0.05, 0) is 62.7 Å². The van der Waals surface area contributed by atoms with Crippen LogP contribution in [0.25, 0.3) is 5.57 Å². The summed E-state index contributed by atoms with van der Waals surface area (Å²) in [7, 11) is 0. The standard InChI is InChI=1S/C21H27F3O3/c1-19(2,3)27-17(18(25)26)16-14(7-6-8-15(16)21(22,23)24)13-9-11-20(4,5)12-10-13/h6-9,17H,10-12H2,1-5H3,(H,25,26). The molecule has 0 aromatic heterocycles. The molecule has 0 radical (unpaired) electrons. The number of ether oxygens (including phenoxy) is 1. The van der Waals surface area contributed by atoms with Crippen LogP contribution in [0.2, 0.25) is 0 Å². The molecule has 0 heterocycles. The summed E-state index contributed by atoms with van der Waals surface area (Å²) in [5.41, 5.74) is -1.03. The van der Waals surface area contributed by atoms with Gasteiger partial charge in [0.15, 0.2) is 6.10 Å². The molecule has 0 spiro atoms. The highest BCUT2D eigenvalue weighted by Crippen LogP contribution is 2.44. The third-order valence-corrected chi connectivity index (χ3v) is 4.69. The Morgan fingerprint density at radius 2 is 1.85 bits per heavy atom. The first kappa shape index (κ1) is 21.5. The number of aliphatic carboxylic acids is 1. The lowest BCUT2D eigenvalue weighted by Crippen LogP contribution is -2.30. The van der Waals surface area contributed by atoms with Crippen LogP contribution in [0.4, 0.5) is 13.2 Å². The van der Waals surface area contributed by atoms with Gasteiger partial charge in [0.2, 0.25) is 0 Å². The molecule has 0 amide bonds. The van der Waals surface area contributed by atoms with Gasteiger partial charge in [0.1, 0.15) is 0 Å². The Balaban J connectivity index is 2.68.